The molecule has 1 aromatic heterocycles. The molecule has 1 aromatic carbocycles. The Morgan fingerprint density at radius 1 is 1.14 bits per heavy atom. The number of benzene rings is 1. The number of fused-ring (bicyclic) bond motifs is 2. The molecule has 2 N–H and O–H groups in total. The number of pyridine rings is 1. The van der Waals surface area contributed by atoms with E-state index in [2.05, 4.69) is 19.1 Å². The first-order chi connectivity index (χ1) is 16.7. The van der Waals surface area contributed by atoms with Crippen LogP contribution in [0.2, 0.25) is 0 Å². The third-order valence-corrected chi connectivity index (χ3v) is 7.40. The Bertz CT molecular complexity index is 1350. The van der Waals surface area contributed by atoms with Crippen LogP contribution in [0.1, 0.15) is 71.6 Å². The summed E-state index contributed by atoms with van der Waals surface area (Å²) in [5, 5.41) is 22.6. The van der Waals surface area contributed by atoms with Crippen LogP contribution >= 0.6 is 0 Å². The maximum Gasteiger partial charge on any atom is 0.335 e. The molecule has 0 radical (unpaired) electrons. The SMILES string of the molecule is CC1CC=CC2=C1C(N1CN(C(C)C)C(=O)c3c(O)c(=O)ccn31)c1cccc(C(=O)O)c1CC2. The van der Waals surface area contributed by atoms with E-state index in [0.29, 0.717) is 12.8 Å². The fourth-order valence-electron chi connectivity index (χ4n) is 5.67. The third kappa shape index (κ3) is 3.55. The van der Waals surface area contributed by atoms with Crippen molar-refractivity contribution in [1.29, 1.82) is 0 Å². The zero-order valence-electron chi connectivity index (χ0n) is 20.1. The van der Waals surface area contributed by atoms with E-state index in [1.54, 1.807) is 21.7 Å². The molecule has 0 spiro atoms. The number of hydrogen-bond acceptors (Lipinski definition) is 5. The van der Waals surface area contributed by atoms with Gasteiger partial charge in [0.1, 0.15) is 6.67 Å². The molecule has 2 aromatic rings. The highest BCUT2D eigenvalue weighted by Crippen LogP contribution is 2.45. The van der Waals surface area contributed by atoms with E-state index in [9.17, 15) is 24.6 Å². The number of hydrogen-bond donors (Lipinski definition) is 2. The standard InChI is InChI=1S/C27H29N3O5/c1-15(2)28-14-30(29-13-12-21(31)25(32)24(29)26(28)33)23-19-8-5-9-20(27(34)35)18(19)11-10-17-7-4-6-16(3)22(17)23/h4-5,7-9,12-13,15-16,23,32H,6,10-11,14H2,1-3H3,(H,34,35). The molecular formula is C27H29N3O5. The van der Waals surface area contributed by atoms with Gasteiger partial charge in [0, 0.05) is 18.3 Å². The lowest BCUT2D eigenvalue weighted by Crippen LogP contribution is -2.57. The largest absolute Gasteiger partial charge is 0.502 e. The molecule has 8 nitrogen and oxygen atoms in total. The number of nitrogens with zero attached hydrogens (tertiary/aromatic N) is 3. The van der Waals surface area contributed by atoms with Gasteiger partial charge >= 0.3 is 5.97 Å². The number of carboxylic acid groups (broad SMARTS) is 1. The molecule has 5 rings (SSSR count). The van der Waals surface area contributed by atoms with Crippen LogP contribution in [-0.2, 0) is 6.42 Å². The van der Waals surface area contributed by atoms with Gasteiger partial charge in [0.05, 0.1) is 11.6 Å². The van der Waals surface area contributed by atoms with Gasteiger partial charge in [-0.15, -0.1) is 0 Å². The van der Waals surface area contributed by atoms with Crippen LogP contribution in [0, 0.1) is 5.92 Å². The zero-order chi connectivity index (χ0) is 25.0. The number of aromatic carboxylic acids is 1. The minimum absolute atomic E-state index is 0.0706. The highest BCUT2D eigenvalue weighted by Gasteiger charge is 2.41. The van der Waals surface area contributed by atoms with Crippen LogP contribution < -0.4 is 10.4 Å². The highest BCUT2D eigenvalue weighted by molar-refractivity contribution is 5.96. The molecule has 8 heteroatoms. The number of amides is 1. The number of carbonyl (C=O) groups excluding carboxylic acids is 1. The molecule has 1 amide bonds. The minimum Gasteiger partial charge on any atom is -0.502 e. The summed E-state index contributed by atoms with van der Waals surface area (Å²) in [5.74, 6) is -1.76. The topological polar surface area (TPSA) is 103 Å². The van der Waals surface area contributed by atoms with Crippen molar-refractivity contribution in [3.63, 3.8) is 0 Å². The molecule has 2 heterocycles. The van der Waals surface area contributed by atoms with Gasteiger partial charge in [0.25, 0.3) is 5.91 Å². The number of carbonyl (C=O) groups is 2. The van der Waals surface area contributed by atoms with Crippen LogP contribution in [0.5, 0.6) is 5.75 Å². The summed E-state index contributed by atoms with van der Waals surface area (Å²) in [5.41, 5.74) is 3.59. The van der Waals surface area contributed by atoms with Gasteiger partial charge in [0.2, 0.25) is 5.43 Å². The Hall–Kier alpha value is -3.81. The first-order valence-corrected chi connectivity index (χ1v) is 12.0. The Morgan fingerprint density at radius 2 is 1.91 bits per heavy atom. The Balaban J connectivity index is 1.82. The van der Waals surface area contributed by atoms with Gasteiger partial charge in [0.15, 0.2) is 11.4 Å². The molecular weight excluding hydrogens is 446 g/mol. The van der Waals surface area contributed by atoms with Gasteiger partial charge in [-0.3, -0.25) is 19.3 Å². The molecule has 0 bridgehead atoms. The summed E-state index contributed by atoms with van der Waals surface area (Å²) in [7, 11) is 0. The van der Waals surface area contributed by atoms with E-state index in [4.69, 9.17) is 0 Å². The van der Waals surface area contributed by atoms with Crippen molar-refractivity contribution in [2.45, 2.75) is 52.1 Å². The van der Waals surface area contributed by atoms with Crippen molar-refractivity contribution in [3.05, 3.63) is 86.4 Å². The first kappa shape index (κ1) is 23.0. The van der Waals surface area contributed by atoms with Crippen molar-refractivity contribution in [2.75, 3.05) is 11.7 Å². The zero-order valence-corrected chi connectivity index (χ0v) is 20.1. The average molecular weight is 476 g/mol. The van der Waals surface area contributed by atoms with Gasteiger partial charge < -0.3 is 15.1 Å². The quantitative estimate of drug-likeness (QED) is 0.703. The predicted molar refractivity (Wildman–Crippen MR) is 131 cm³/mol. The van der Waals surface area contributed by atoms with E-state index in [1.807, 2.05) is 24.9 Å². The van der Waals surface area contributed by atoms with Gasteiger partial charge in [-0.2, -0.15) is 0 Å². The molecule has 1 aliphatic heterocycles. The predicted octanol–water partition coefficient (Wildman–Crippen LogP) is 3.59. The second kappa shape index (κ2) is 8.45. The molecule has 2 aliphatic carbocycles. The Kier molecular flexibility index (Phi) is 5.54. The van der Waals surface area contributed by atoms with Crippen molar-refractivity contribution >= 4 is 11.9 Å². The fourth-order valence-corrected chi connectivity index (χ4v) is 5.67. The minimum atomic E-state index is -0.969. The molecule has 2 atom stereocenters. The van der Waals surface area contributed by atoms with Gasteiger partial charge in [-0.1, -0.05) is 31.2 Å². The lowest BCUT2D eigenvalue weighted by atomic mass is 9.81. The number of allylic oxidation sites excluding steroid dienone is 3. The van der Waals surface area contributed by atoms with Crippen LogP contribution in [0.15, 0.2) is 58.6 Å². The number of aromatic hydroxyl groups is 1. The lowest BCUT2D eigenvalue weighted by Gasteiger charge is -2.47. The van der Waals surface area contributed by atoms with E-state index >= 15 is 0 Å². The molecule has 0 saturated carbocycles. The van der Waals surface area contributed by atoms with Crippen LogP contribution in [0.4, 0.5) is 0 Å². The maximum atomic E-state index is 13.3. The highest BCUT2D eigenvalue weighted by atomic mass is 16.4. The van der Waals surface area contributed by atoms with Gasteiger partial charge in [-0.25, -0.2) is 4.79 Å². The number of rotatable bonds is 3. The van der Waals surface area contributed by atoms with Crippen molar-refractivity contribution < 1.29 is 19.8 Å². The molecule has 2 unspecified atom stereocenters. The lowest BCUT2D eigenvalue weighted by molar-refractivity contribution is 0.0619. The monoisotopic (exact) mass is 475 g/mol. The van der Waals surface area contributed by atoms with Crippen LogP contribution in [0.25, 0.3) is 0 Å². The number of aromatic nitrogens is 1. The molecule has 0 fully saturated rings. The van der Waals surface area contributed by atoms with Crippen molar-refractivity contribution in [3.8, 4) is 5.75 Å². The summed E-state index contributed by atoms with van der Waals surface area (Å²) in [6, 6.07) is 6.07. The fraction of sp³-hybridized carbons (Fsp3) is 0.370. The molecule has 3 aliphatic rings. The van der Waals surface area contributed by atoms with E-state index < -0.39 is 23.1 Å². The average Bonchev–Trinajstić information content (AvgIpc) is 2.99. The number of carboxylic acids is 1. The van der Waals surface area contributed by atoms with Crippen molar-refractivity contribution in [2.24, 2.45) is 5.92 Å². The van der Waals surface area contributed by atoms with Crippen LogP contribution in [-0.4, -0.2) is 44.4 Å². The first-order valence-electron chi connectivity index (χ1n) is 12.0. The van der Waals surface area contributed by atoms with E-state index in [0.717, 1.165) is 17.5 Å². The second-order valence-corrected chi connectivity index (χ2v) is 9.77. The van der Waals surface area contributed by atoms with E-state index in [-0.39, 0.29) is 35.9 Å². The summed E-state index contributed by atoms with van der Waals surface area (Å²) in [6.07, 6.45) is 7.98. The molecule has 35 heavy (non-hydrogen) atoms. The Morgan fingerprint density at radius 3 is 2.63 bits per heavy atom. The molecule has 182 valence electrons. The molecule has 0 saturated heterocycles. The smallest absolute Gasteiger partial charge is 0.335 e. The summed E-state index contributed by atoms with van der Waals surface area (Å²) >= 11 is 0. The normalized spacial score (nSPS) is 21.5. The summed E-state index contributed by atoms with van der Waals surface area (Å²) in [4.78, 5) is 39.4. The third-order valence-electron chi connectivity index (χ3n) is 7.40. The second-order valence-electron chi connectivity index (χ2n) is 9.77. The van der Waals surface area contributed by atoms with Crippen molar-refractivity contribution in [1.82, 2.24) is 9.58 Å². The summed E-state index contributed by atoms with van der Waals surface area (Å²) < 4.78 is 1.58. The maximum absolute atomic E-state index is 13.3. The van der Waals surface area contributed by atoms with Gasteiger partial charge in [-0.05, 0) is 67.4 Å². The summed E-state index contributed by atoms with van der Waals surface area (Å²) in [6.45, 7) is 6.17. The van der Waals surface area contributed by atoms with E-state index in [1.165, 1.54) is 23.4 Å². The Labute approximate surface area is 203 Å². The van der Waals surface area contributed by atoms with Crippen LogP contribution in [0.3, 0.4) is 0 Å².